The first-order valence-electron chi connectivity index (χ1n) is 4.55. The molecule has 1 atom stereocenters. The van der Waals surface area contributed by atoms with Gasteiger partial charge in [0, 0.05) is 6.04 Å². The topological polar surface area (TPSA) is 38.0 Å². The summed E-state index contributed by atoms with van der Waals surface area (Å²) in [5.41, 5.74) is 7.65. The summed E-state index contributed by atoms with van der Waals surface area (Å²) < 4.78 is 0. The third-order valence-corrected chi connectivity index (χ3v) is 2.83. The second-order valence-corrected chi connectivity index (χ2v) is 3.84. The van der Waals surface area contributed by atoms with Gasteiger partial charge >= 0.3 is 0 Å². The molecule has 0 spiro atoms. The Morgan fingerprint density at radius 2 is 2.31 bits per heavy atom. The van der Waals surface area contributed by atoms with Crippen LogP contribution in [0.15, 0.2) is 18.2 Å². The fraction of sp³-hybridized carbons (Fsp3) is 0.400. The lowest BCUT2D eigenvalue weighted by atomic mass is 10.1. The SMILES string of the molecule is Nc1cc(C2CCCN2)ccc1Cl. The molecule has 2 rings (SSSR count). The summed E-state index contributed by atoms with van der Waals surface area (Å²) in [4.78, 5) is 0. The average Bonchev–Trinajstić information content (AvgIpc) is 2.62. The summed E-state index contributed by atoms with van der Waals surface area (Å²) in [6, 6.07) is 6.35. The Labute approximate surface area is 83.1 Å². The highest BCUT2D eigenvalue weighted by molar-refractivity contribution is 6.33. The number of hydrogen-bond acceptors (Lipinski definition) is 2. The predicted octanol–water partition coefficient (Wildman–Crippen LogP) is 2.35. The van der Waals surface area contributed by atoms with Crippen molar-refractivity contribution in [1.82, 2.24) is 5.32 Å². The molecular formula is C10H13ClN2. The minimum atomic E-state index is 0.472. The van der Waals surface area contributed by atoms with E-state index in [0.717, 1.165) is 6.54 Å². The molecule has 0 bridgehead atoms. The molecule has 1 aromatic rings. The fourth-order valence-electron chi connectivity index (χ4n) is 1.75. The number of hydrogen-bond donors (Lipinski definition) is 2. The summed E-state index contributed by atoms with van der Waals surface area (Å²) in [5.74, 6) is 0. The third-order valence-electron chi connectivity index (χ3n) is 2.48. The van der Waals surface area contributed by atoms with Crippen molar-refractivity contribution in [1.29, 1.82) is 0 Å². The highest BCUT2D eigenvalue weighted by Gasteiger charge is 2.16. The maximum Gasteiger partial charge on any atom is 0.0635 e. The van der Waals surface area contributed by atoms with E-state index in [2.05, 4.69) is 5.32 Å². The van der Waals surface area contributed by atoms with Crippen LogP contribution in [0, 0.1) is 0 Å². The first-order valence-corrected chi connectivity index (χ1v) is 4.93. The number of rotatable bonds is 1. The average molecular weight is 197 g/mol. The summed E-state index contributed by atoms with van der Waals surface area (Å²) >= 11 is 5.84. The minimum Gasteiger partial charge on any atom is -0.398 e. The van der Waals surface area contributed by atoms with Crippen molar-refractivity contribution >= 4 is 17.3 Å². The smallest absolute Gasteiger partial charge is 0.0635 e. The molecule has 0 saturated carbocycles. The van der Waals surface area contributed by atoms with Gasteiger partial charge < -0.3 is 11.1 Å². The van der Waals surface area contributed by atoms with Gasteiger partial charge in [-0.3, -0.25) is 0 Å². The summed E-state index contributed by atoms with van der Waals surface area (Å²) in [6.45, 7) is 1.10. The maximum absolute atomic E-state index is 5.84. The van der Waals surface area contributed by atoms with E-state index in [1.807, 2.05) is 18.2 Å². The van der Waals surface area contributed by atoms with Gasteiger partial charge in [-0.1, -0.05) is 17.7 Å². The molecule has 1 unspecified atom stereocenters. The van der Waals surface area contributed by atoms with Gasteiger partial charge in [0.25, 0.3) is 0 Å². The number of nitrogens with one attached hydrogen (secondary N) is 1. The van der Waals surface area contributed by atoms with Crippen LogP contribution < -0.4 is 11.1 Å². The molecule has 1 fully saturated rings. The zero-order valence-corrected chi connectivity index (χ0v) is 8.14. The number of nitrogen functional groups attached to an aromatic ring is 1. The van der Waals surface area contributed by atoms with Crippen LogP contribution >= 0.6 is 11.6 Å². The molecule has 0 aromatic heterocycles. The second-order valence-electron chi connectivity index (χ2n) is 3.43. The van der Waals surface area contributed by atoms with Gasteiger partial charge in [0.2, 0.25) is 0 Å². The van der Waals surface area contributed by atoms with Crippen LogP contribution in [0.4, 0.5) is 5.69 Å². The van der Waals surface area contributed by atoms with E-state index in [1.165, 1.54) is 18.4 Å². The normalized spacial score (nSPS) is 22.1. The van der Waals surface area contributed by atoms with Gasteiger partial charge in [0.1, 0.15) is 0 Å². The number of nitrogens with two attached hydrogens (primary N) is 1. The zero-order valence-electron chi connectivity index (χ0n) is 7.39. The molecule has 0 amide bonds. The van der Waals surface area contributed by atoms with Gasteiger partial charge in [-0.15, -0.1) is 0 Å². The fourth-order valence-corrected chi connectivity index (χ4v) is 1.87. The largest absolute Gasteiger partial charge is 0.398 e. The Kier molecular flexibility index (Phi) is 2.42. The van der Waals surface area contributed by atoms with Crippen molar-refractivity contribution in [3.8, 4) is 0 Å². The van der Waals surface area contributed by atoms with Gasteiger partial charge in [0.05, 0.1) is 10.7 Å². The lowest BCUT2D eigenvalue weighted by Gasteiger charge is -2.11. The molecule has 1 aliphatic heterocycles. The van der Waals surface area contributed by atoms with Crippen LogP contribution in [0.1, 0.15) is 24.4 Å². The van der Waals surface area contributed by atoms with Crippen molar-refractivity contribution in [3.63, 3.8) is 0 Å². The van der Waals surface area contributed by atoms with Crippen molar-refractivity contribution in [2.45, 2.75) is 18.9 Å². The van der Waals surface area contributed by atoms with Crippen molar-refractivity contribution in [2.24, 2.45) is 0 Å². The second kappa shape index (κ2) is 3.56. The molecule has 13 heavy (non-hydrogen) atoms. The molecule has 70 valence electrons. The lowest BCUT2D eigenvalue weighted by Crippen LogP contribution is -2.12. The number of halogens is 1. The molecule has 1 saturated heterocycles. The molecule has 1 aromatic carbocycles. The molecular weight excluding hydrogens is 184 g/mol. The van der Waals surface area contributed by atoms with E-state index in [1.54, 1.807) is 0 Å². The monoisotopic (exact) mass is 196 g/mol. The van der Waals surface area contributed by atoms with Crippen LogP contribution in [0.3, 0.4) is 0 Å². The Balaban J connectivity index is 2.25. The summed E-state index contributed by atoms with van der Waals surface area (Å²) in [5, 5.41) is 4.06. The Hall–Kier alpha value is -0.730. The first-order chi connectivity index (χ1) is 6.27. The first kappa shape index (κ1) is 8.85. The third kappa shape index (κ3) is 1.79. The zero-order chi connectivity index (χ0) is 9.26. The van der Waals surface area contributed by atoms with E-state index < -0.39 is 0 Å². The van der Waals surface area contributed by atoms with Crippen LogP contribution in [-0.4, -0.2) is 6.54 Å². The standard InChI is InChI=1S/C10H13ClN2/c11-8-4-3-7(6-9(8)12)10-2-1-5-13-10/h3-4,6,10,13H,1-2,5,12H2. The van der Waals surface area contributed by atoms with Gasteiger partial charge in [-0.2, -0.15) is 0 Å². The van der Waals surface area contributed by atoms with Crippen molar-refractivity contribution < 1.29 is 0 Å². The minimum absolute atomic E-state index is 0.472. The lowest BCUT2D eigenvalue weighted by molar-refractivity contribution is 0.648. The highest BCUT2D eigenvalue weighted by Crippen LogP contribution is 2.27. The van der Waals surface area contributed by atoms with Gasteiger partial charge in [-0.05, 0) is 37.1 Å². The van der Waals surface area contributed by atoms with Crippen LogP contribution in [-0.2, 0) is 0 Å². The van der Waals surface area contributed by atoms with E-state index in [4.69, 9.17) is 17.3 Å². The number of benzene rings is 1. The van der Waals surface area contributed by atoms with Crippen LogP contribution in [0.25, 0.3) is 0 Å². The van der Waals surface area contributed by atoms with Gasteiger partial charge in [-0.25, -0.2) is 0 Å². The summed E-state index contributed by atoms with van der Waals surface area (Å²) in [6.07, 6.45) is 2.44. The van der Waals surface area contributed by atoms with Crippen LogP contribution in [0.2, 0.25) is 5.02 Å². The quantitative estimate of drug-likeness (QED) is 0.677. The molecule has 3 N–H and O–H groups in total. The van der Waals surface area contributed by atoms with Crippen molar-refractivity contribution in [2.75, 3.05) is 12.3 Å². The molecule has 3 heteroatoms. The molecule has 0 radical (unpaired) electrons. The Morgan fingerprint density at radius 1 is 1.46 bits per heavy atom. The van der Waals surface area contributed by atoms with Crippen molar-refractivity contribution in [3.05, 3.63) is 28.8 Å². The predicted molar refractivity (Wildman–Crippen MR) is 55.8 cm³/mol. The van der Waals surface area contributed by atoms with E-state index in [0.29, 0.717) is 16.8 Å². The molecule has 2 nitrogen and oxygen atoms in total. The Morgan fingerprint density at radius 3 is 2.92 bits per heavy atom. The Bertz CT molecular complexity index is 306. The molecule has 1 aliphatic rings. The maximum atomic E-state index is 5.84. The van der Waals surface area contributed by atoms with E-state index >= 15 is 0 Å². The molecule has 1 heterocycles. The van der Waals surface area contributed by atoms with Gasteiger partial charge in [0.15, 0.2) is 0 Å². The summed E-state index contributed by atoms with van der Waals surface area (Å²) in [7, 11) is 0. The molecule has 0 aliphatic carbocycles. The number of anilines is 1. The van der Waals surface area contributed by atoms with Crippen LogP contribution in [0.5, 0.6) is 0 Å². The van der Waals surface area contributed by atoms with E-state index in [9.17, 15) is 0 Å². The van der Waals surface area contributed by atoms with E-state index in [-0.39, 0.29) is 0 Å². The highest BCUT2D eigenvalue weighted by atomic mass is 35.5.